The molecular weight excluding hydrogens is 444 g/mol. The van der Waals surface area contributed by atoms with Gasteiger partial charge >= 0.3 is 0 Å². The van der Waals surface area contributed by atoms with Crippen LogP contribution in [0, 0.1) is 23.7 Å². The van der Waals surface area contributed by atoms with Gasteiger partial charge in [-0.3, -0.25) is 9.97 Å². The van der Waals surface area contributed by atoms with E-state index in [-0.39, 0.29) is 11.5 Å². The highest BCUT2D eigenvalue weighted by molar-refractivity contribution is 5.68. The number of phenols is 2. The predicted molar refractivity (Wildman–Crippen MR) is 141 cm³/mol. The van der Waals surface area contributed by atoms with E-state index in [1.807, 2.05) is 72.8 Å². The Morgan fingerprint density at radius 3 is 1.25 bits per heavy atom. The lowest BCUT2D eigenvalue weighted by Crippen LogP contribution is -1.87. The molecule has 0 spiro atoms. The monoisotopic (exact) mass is 464 g/mol. The van der Waals surface area contributed by atoms with Crippen LogP contribution in [-0.4, -0.2) is 20.2 Å². The third-order valence-electron chi connectivity index (χ3n) is 5.50. The van der Waals surface area contributed by atoms with Crippen LogP contribution in [0.25, 0.3) is 22.5 Å². The molecule has 0 aliphatic carbocycles. The van der Waals surface area contributed by atoms with Gasteiger partial charge < -0.3 is 10.2 Å². The summed E-state index contributed by atoms with van der Waals surface area (Å²) >= 11 is 0. The summed E-state index contributed by atoms with van der Waals surface area (Å²) in [6.45, 7) is 0. The molecule has 0 aliphatic heterocycles. The Morgan fingerprint density at radius 2 is 0.861 bits per heavy atom. The maximum Gasteiger partial charge on any atom is 0.124 e. The van der Waals surface area contributed by atoms with E-state index in [0.29, 0.717) is 22.5 Å². The number of hydrogen-bond acceptors (Lipinski definition) is 4. The van der Waals surface area contributed by atoms with Crippen LogP contribution in [0.4, 0.5) is 0 Å². The summed E-state index contributed by atoms with van der Waals surface area (Å²) in [4.78, 5) is 8.88. The van der Waals surface area contributed by atoms with Crippen molar-refractivity contribution >= 4 is 0 Å². The number of hydrogen-bond donors (Lipinski definition) is 2. The fraction of sp³-hybridized carbons (Fsp3) is 0. The molecule has 5 rings (SSSR count). The predicted octanol–water partition coefficient (Wildman–Crippen LogP) is 6.02. The van der Waals surface area contributed by atoms with Crippen LogP contribution < -0.4 is 0 Å². The first-order valence-electron chi connectivity index (χ1n) is 11.3. The highest BCUT2D eigenvalue weighted by Crippen LogP contribution is 2.27. The molecule has 3 aromatic carbocycles. The van der Waals surface area contributed by atoms with Crippen LogP contribution in [0.5, 0.6) is 11.5 Å². The Labute approximate surface area is 209 Å². The third kappa shape index (κ3) is 5.09. The number of pyridine rings is 2. The number of nitrogens with zero attached hydrogens (tertiary/aromatic N) is 2. The van der Waals surface area contributed by atoms with Crippen molar-refractivity contribution in [3.05, 3.63) is 132 Å². The highest BCUT2D eigenvalue weighted by atomic mass is 16.3. The van der Waals surface area contributed by atoms with Gasteiger partial charge in [0.05, 0.1) is 11.4 Å². The van der Waals surface area contributed by atoms with E-state index in [1.54, 1.807) is 36.7 Å². The Hall–Kier alpha value is -5.32. The van der Waals surface area contributed by atoms with Crippen molar-refractivity contribution in [1.29, 1.82) is 0 Å². The number of aromatic hydroxyl groups is 2. The molecule has 0 fully saturated rings. The summed E-state index contributed by atoms with van der Waals surface area (Å²) < 4.78 is 0. The molecule has 2 aromatic heterocycles. The number of aromatic nitrogens is 2. The van der Waals surface area contributed by atoms with Crippen LogP contribution in [0.15, 0.2) is 109 Å². The van der Waals surface area contributed by atoms with Gasteiger partial charge in [0.2, 0.25) is 0 Å². The van der Waals surface area contributed by atoms with Crippen LogP contribution >= 0.6 is 0 Å². The average molecular weight is 465 g/mol. The quantitative estimate of drug-likeness (QED) is 0.314. The highest BCUT2D eigenvalue weighted by Gasteiger charge is 2.05. The van der Waals surface area contributed by atoms with Crippen molar-refractivity contribution in [2.75, 3.05) is 0 Å². The van der Waals surface area contributed by atoms with E-state index in [2.05, 4.69) is 33.6 Å². The number of benzene rings is 3. The summed E-state index contributed by atoms with van der Waals surface area (Å²) in [5, 5.41) is 20.1. The lowest BCUT2D eigenvalue weighted by molar-refractivity contribution is 0.476. The van der Waals surface area contributed by atoms with Crippen molar-refractivity contribution in [3.8, 4) is 57.7 Å². The van der Waals surface area contributed by atoms with Gasteiger partial charge in [0.1, 0.15) is 11.5 Å². The average Bonchev–Trinajstić information content (AvgIpc) is 2.92. The zero-order valence-corrected chi connectivity index (χ0v) is 19.2. The fourth-order valence-electron chi connectivity index (χ4n) is 3.61. The topological polar surface area (TPSA) is 66.2 Å². The van der Waals surface area contributed by atoms with Gasteiger partial charge in [0.15, 0.2) is 0 Å². The molecule has 0 radical (unpaired) electrons. The van der Waals surface area contributed by atoms with Crippen LogP contribution in [0.1, 0.15) is 22.3 Å². The van der Waals surface area contributed by atoms with Gasteiger partial charge in [-0.1, -0.05) is 60.1 Å². The van der Waals surface area contributed by atoms with E-state index in [0.717, 1.165) is 22.3 Å². The summed E-state index contributed by atoms with van der Waals surface area (Å²) in [5.74, 6) is 13.1. The molecule has 0 amide bonds. The second-order valence-corrected chi connectivity index (χ2v) is 7.94. The smallest absolute Gasteiger partial charge is 0.124 e. The Bertz CT molecular complexity index is 1520. The Kier molecular flexibility index (Phi) is 6.43. The van der Waals surface area contributed by atoms with Gasteiger partial charge in [-0.25, -0.2) is 0 Å². The molecule has 4 heteroatoms. The molecule has 0 atom stereocenters. The Morgan fingerprint density at radius 1 is 0.444 bits per heavy atom. The molecule has 0 unspecified atom stereocenters. The fourth-order valence-corrected chi connectivity index (χ4v) is 3.61. The van der Waals surface area contributed by atoms with Gasteiger partial charge in [-0.2, -0.15) is 0 Å². The number of rotatable bonds is 2. The normalized spacial score (nSPS) is 10.0. The lowest BCUT2D eigenvalue weighted by atomic mass is 10.1. The lowest BCUT2D eigenvalue weighted by Gasteiger charge is -2.03. The van der Waals surface area contributed by atoms with E-state index < -0.39 is 0 Å². The number of phenolic OH excluding ortho intramolecular Hbond substituents is 2. The Balaban J connectivity index is 1.35. The van der Waals surface area contributed by atoms with E-state index in [1.165, 1.54) is 0 Å². The van der Waals surface area contributed by atoms with E-state index in [4.69, 9.17) is 0 Å². The first-order chi connectivity index (χ1) is 17.7. The molecular formula is C32H20N2O2. The first-order valence-corrected chi connectivity index (χ1v) is 11.3. The van der Waals surface area contributed by atoms with Crippen LogP contribution in [0.2, 0.25) is 0 Å². The molecule has 36 heavy (non-hydrogen) atoms. The van der Waals surface area contributed by atoms with E-state index in [9.17, 15) is 10.2 Å². The summed E-state index contributed by atoms with van der Waals surface area (Å²) in [7, 11) is 0. The maximum atomic E-state index is 10.0. The largest absolute Gasteiger partial charge is 0.507 e. The van der Waals surface area contributed by atoms with Crippen LogP contribution in [-0.2, 0) is 0 Å². The molecule has 0 saturated heterocycles. The molecule has 4 nitrogen and oxygen atoms in total. The van der Waals surface area contributed by atoms with Gasteiger partial charge in [-0.05, 0) is 60.7 Å². The van der Waals surface area contributed by atoms with E-state index >= 15 is 0 Å². The van der Waals surface area contributed by atoms with Crippen molar-refractivity contribution in [2.45, 2.75) is 0 Å². The van der Waals surface area contributed by atoms with Gasteiger partial charge in [0, 0.05) is 45.8 Å². The molecule has 2 heterocycles. The van der Waals surface area contributed by atoms with Gasteiger partial charge in [-0.15, -0.1) is 0 Å². The summed E-state index contributed by atoms with van der Waals surface area (Å²) in [6, 6.07) is 29.4. The van der Waals surface area contributed by atoms with Crippen molar-refractivity contribution in [3.63, 3.8) is 0 Å². The zero-order chi connectivity index (χ0) is 24.7. The molecule has 2 N–H and O–H groups in total. The van der Waals surface area contributed by atoms with Crippen LogP contribution in [0.3, 0.4) is 0 Å². The second kappa shape index (κ2) is 10.3. The minimum Gasteiger partial charge on any atom is -0.507 e. The molecule has 0 aliphatic rings. The van der Waals surface area contributed by atoms with Crippen molar-refractivity contribution in [1.82, 2.24) is 9.97 Å². The van der Waals surface area contributed by atoms with Crippen molar-refractivity contribution in [2.24, 2.45) is 0 Å². The SMILES string of the molecule is Oc1ccccc1-c1ccc(C#Cc2ccccc2C#Cc2ccc(-c3ccccc3O)nc2)cn1. The molecule has 0 saturated carbocycles. The number of para-hydroxylation sites is 2. The van der Waals surface area contributed by atoms with Crippen molar-refractivity contribution < 1.29 is 10.2 Å². The standard InChI is InChI=1S/C32H20N2O2/c35-31-11-5-3-9-27(31)29-19-15-23(21-33-29)13-17-25-7-1-2-8-26(25)18-14-24-16-20-30(34-22-24)28-10-4-6-12-32(28)36/h1-12,15-16,19-22,35-36H. The second-order valence-electron chi connectivity index (χ2n) is 7.94. The van der Waals surface area contributed by atoms with Gasteiger partial charge in [0.25, 0.3) is 0 Å². The zero-order valence-electron chi connectivity index (χ0n) is 19.2. The summed E-state index contributed by atoms with van der Waals surface area (Å²) in [6.07, 6.45) is 3.39. The molecule has 170 valence electrons. The maximum absolute atomic E-state index is 10.0. The first kappa shape index (κ1) is 22.5. The minimum atomic E-state index is 0.194. The third-order valence-corrected chi connectivity index (χ3v) is 5.50. The molecule has 5 aromatic rings. The summed E-state index contributed by atoms with van der Waals surface area (Å²) in [5.41, 5.74) is 5.89. The molecule has 0 bridgehead atoms. The minimum absolute atomic E-state index is 0.194.